The predicted molar refractivity (Wildman–Crippen MR) is 313 cm³/mol. The van der Waals surface area contributed by atoms with Crippen molar-refractivity contribution in [2.45, 2.75) is 0 Å². The number of anilines is 6. The highest BCUT2D eigenvalue weighted by atomic mass is 32.1. The molecule has 0 aliphatic heterocycles. The molecule has 2 aromatic heterocycles. The molecule has 0 bridgehead atoms. The fourth-order valence-electron chi connectivity index (χ4n) is 10.9. The van der Waals surface area contributed by atoms with Crippen molar-refractivity contribution in [3.8, 4) is 33.4 Å². The minimum atomic E-state index is 1.09. The zero-order chi connectivity index (χ0) is 47.5. The minimum absolute atomic E-state index is 1.09. The van der Waals surface area contributed by atoms with Crippen LogP contribution in [0.4, 0.5) is 34.1 Å². The Morgan fingerprint density at radius 2 is 0.694 bits per heavy atom. The van der Waals surface area contributed by atoms with E-state index in [1.165, 1.54) is 84.1 Å². The summed E-state index contributed by atoms with van der Waals surface area (Å²) < 4.78 is 5.14. The van der Waals surface area contributed by atoms with Gasteiger partial charge in [0.15, 0.2) is 0 Å². The summed E-state index contributed by atoms with van der Waals surface area (Å²) in [6.07, 6.45) is 0. The van der Waals surface area contributed by atoms with Crippen LogP contribution in [0.25, 0.3) is 95.3 Å². The second-order valence-corrected chi connectivity index (χ2v) is 20.6. The van der Waals surface area contributed by atoms with E-state index in [-0.39, 0.29) is 0 Å². The predicted octanol–water partition coefficient (Wildman–Crippen LogP) is 20.7. The number of rotatable bonds is 9. The molecule has 0 unspecified atom stereocenters. The molecular weight excluding hydrogens is 909 g/mol. The van der Waals surface area contributed by atoms with Gasteiger partial charge in [-0.25, -0.2) is 0 Å². The third-order valence-electron chi connectivity index (χ3n) is 14.2. The summed E-state index contributed by atoms with van der Waals surface area (Å²) in [5, 5.41) is 10.1. The number of benzene rings is 12. The van der Waals surface area contributed by atoms with Crippen LogP contribution in [-0.2, 0) is 0 Å². The third kappa shape index (κ3) is 7.23. The Kier molecular flexibility index (Phi) is 10.3. The van der Waals surface area contributed by atoms with Crippen LogP contribution in [0.1, 0.15) is 0 Å². The fraction of sp³-hybridized carbons (Fsp3) is 0. The van der Waals surface area contributed by atoms with Crippen molar-refractivity contribution >= 4 is 119 Å². The molecule has 0 amide bonds. The average Bonchev–Trinajstić information content (AvgIpc) is 4.02. The zero-order valence-electron chi connectivity index (χ0n) is 39.1. The second kappa shape index (κ2) is 17.6. The summed E-state index contributed by atoms with van der Waals surface area (Å²) in [6.45, 7) is 0. The minimum Gasteiger partial charge on any atom is -0.310 e. The van der Waals surface area contributed by atoms with Gasteiger partial charge in [0, 0.05) is 73.9 Å². The number of nitrogens with zero attached hydrogens (tertiary/aromatic N) is 2. The van der Waals surface area contributed by atoms with Crippen molar-refractivity contribution in [1.82, 2.24) is 0 Å². The van der Waals surface area contributed by atoms with E-state index in [9.17, 15) is 0 Å². The van der Waals surface area contributed by atoms with Crippen LogP contribution < -0.4 is 9.80 Å². The molecule has 2 heterocycles. The molecule has 0 saturated heterocycles. The molecule has 0 saturated carbocycles. The van der Waals surface area contributed by atoms with Gasteiger partial charge in [-0.15, -0.1) is 22.7 Å². The number of fused-ring (bicyclic) bond motifs is 9. The van der Waals surface area contributed by atoms with E-state index in [1.54, 1.807) is 0 Å². The van der Waals surface area contributed by atoms with E-state index in [4.69, 9.17) is 0 Å². The van der Waals surface area contributed by atoms with E-state index >= 15 is 0 Å². The quantitative estimate of drug-likeness (QED) is 0.142. The molecule has 0 fully saturated rings. The molecule has 4 heteroatoms. The molecule has 0 aliphatic rings. The van der Waals surface area contributed by atoms with E-state index in [0.29, 0.717) is 0 Å². The maximum absolute atomic E-state index is 2.46. The van der Waals surface area contributed by atoms with Crippen molar-refractivity contribution in [1.29, 1.82) is 0 Å². The first-order valence-electron chi connectivity index (χ1n) is 24.5. The van der Waals surface area contributed by atoms with Crippen molar-refractivity contribution in [2.24, 2.45) is 0 Å². The molecule has 0 spiro atoms. The monoisotopic (exact) mass is 952 g/mol. The van der Waals surface area contributed by atoms with Gasteiger partial charge in [-0.05, 0) is 117 Å². The fourth-order valence-corrected chi connectivity index (χ4v) is 13.2. The summed E-state index contributed by atoms with van der Waals surface area (Å²) in [5.74, 6) is 0. The Morgan fingerprint density at radius 3 is 1.39 bits per heavy atom. The van der Waals surface area contributed by atoms with Gasteiger partial charge in [-0.2, -0.15) is 0 Å². The van der Waals surface area contributed by atoms with E-state index in [2.05, 4.69) is 277 Å². The van der Waals surface area contributed by atoms with E-state index in [0.717, 1.165) is 45.3 Å². The van der Waals surface area contributed by atoms with Gasteiger partial charge in [0.25, 0.3) is 0 Å². The molecule has 0 radical (unpaired) electrons. The average molecular weight is 953 g/mol. The summed E-state index contributed by atoms with van der Waals surface area (Å²) >= 11 is 3.73. The lowest BCUT2D eigenvalue weighted by molar-refractivity contribution is 1.30. The van der Waals surface area contributed by atoms with Crippen molar-refractivity contribution < 1.29 is 0 Å². The number of thiophene rings is 2. The Labute approximate surface area is 426 Å². The van der Waals surface area contributed by atoms with Gasteiger partial charge in [0.05, 0.1) is 11.4 Å². The Bertz CT molecular complexity index is 4300. The maximum Gasteiger partial charge on any atom is 0.0554 e. The molecule has 338 valence electrons. The topological polar surface area (TPSA) is 6.48 Å². The van der Waals surface area contributed by atoms with Gasteiger partial charge in [0.1, 0.15) is 0 Å². The van der Waals surface area contributed by atoms with Crippen LogP contribution in [0.15, 0.2) is 267 Å². The normalized spacial score (nSPS) is 11.6. The number of hydrogen-bond acceptors (Lipinski definition) is 4. The molecular formula is C68H44N2S2. The maximum atomic E-state index is 2.46. The van der Waals surface area contributed by atoms with Crippen LogP contribution in [0.5, 0.6) is 0 Å². The summed E-state index contributed by atoms with van der Waals surface area (Å²) in [6, 6.07) is 98.0. The first kappa shape index (κ1) is 42.1. The Balaban J connectivity index is 0.941. The van der Waals surface area contributed by atoms with Crippen LogP contribution in [0.3, 0.4) is 0 Å². The van der Waals surface area contributed by atoms with Gasteiger partial charge in [-0.1, -0.05) is 194 Å². The molecule has 0 aliphatic carbocycles. The Hall–Kier alpha value is -8.80. The highest BCUT2D eigenvalue weighted by Crippen LogP contribution is 2.49. The highest BCUT2D eigenvalue weighted by molar-refractivity contribution is 7.26. The van der Waals surface area contributed by atoms with Crippen LogP contribution >= 0.6 is 22.7 Å². The lowest BCUT2D eigenvalue weighted by Gasteiger charge is -2.29. The highest BCUT2D eigenvalue weighted by Gasteiger charge is 2.22. The van der Waals surface area contributed by atoms with Crippen LogP contribution in [0.2, 0.25) is 0 Å². The Morgan fingerprint density at radius 1 is 0.222 bits per heavy atom. The summed E-state index contributed by atoms with van der Waals surface area (Å²) in [7, 11) is 0. The number of hydrogen-bond donors (Lipinski definition) is 0. The van der Waals surface area contributed by atoms with Crippen molar-refractivity contribution in [3.05, 3.63) is 267 Å². The standard InChI is InChI=1S/C68H44N2S2/c1-3-17-45(18-4-1)46-33-35-50(36-34-46)69(63-44-67-68(60-29-10-9-27-57(60)63)61-30-12-14-32-65(61)72-67)51-23-15-21-48(41-51)49-22-16-24-52(42-49)70(53-37-38-59-58-28-11-13-31-64(58)71-66(59)43-53)62-40-39-54(47-19-5-2-6-20-47)55-25-7-8-26-56(55)62/h1-44H. The first-order chi connectivity index (χ1) is 35.7. The molecule has 2 nitrogen and oxygen atoms in total. The summed E-state index contributed by atoms with van der Waals surface area (Å²) in [4.78, 5) is 4.92. The van der Waals surface area contributed by atoms with Crippen LogP contribution in [-0.4, -0.2) is 0 Å². The molecule has 14 aromatic rings. The van der Waals surface area contributed by atoms with Gasteiger partial charge in [-0.3, -0.25) is 0 Å². The van der Waals surface area contributed by atoms with Gasteiger partial charge >= 0.3 is 0 Å². The molecule has 14 rings (SSSR count). The molecule has 72 heavy (non-hydrogen) atoms. The molecule has 0 N–H and O–H groups in total. The lowest BCUT2D eigenvalue weighted by Crippen LogP contribution is -2.11. The van der Waals surface area contributed by atoms with Gasteiger partial charge in [0.2, 0.25) is 0 Å². The van der Waals surface area contributed by atoms with Crippen LogP contribution in [0, 0.1) is 0 Å². The first-order valence-corrected chi connectivity index (χ1v) is 26.1. The largest absolute Gasteiger partial charge is 0.310 e. The van der Waals surface area contributed by atoms with Gasteiger partial charge < -0.3 is 9.80 Å². The zero-order valence-corrected chi connectivity index (χ0v) is 40.7. The smallest absolute Gasteiger partial charge is 0.0554 e. The third-order valence-corrected chi connectivity index (χ3v) is 16.5. The van der Waals surface area contributed by atoms with Crippen molar-refractivity contribution in [2.75, 3.05) is 9.80 Å². The molecule has 12 aromatic carbocycles. The second-order valence-electron chi connectivity index (χ2n) is 18.4. The van der Waals surface area contributed by atoms with Crippen molar-refractivity contribution in [3.63, 3.8) is 0 Å². The summed E-state index contributed by atoms with van der Waals surface area (Å²) in [5.41, 5.74) is 13.8. The SMILES string of the molecule is c1ccc(-c2ccc(N(c3cccc(-c4cccc(N(c5ccc6c(c5)sc5ccccc56)c5ccc(-c6ccccc6)c6ccccc56)c4)c3)c3cc4sc5ccccc5c4c4ccccc34)cc2)cc1. The lowest BCUT2D eigenvalue weighted by atomic mass is 9.96. The van der Waals surface area contributed by atoms with E-state index in [1.807, 2.05) is 22.7 Å². The van der Waals surface area contributed by atoms with E-state index < -0.39 is 0 Å². The molecule has 0 atom stereocenters.